The van der Waals surface area contributed by atoms with Crippen molar-refractivity contribution in [3.8, 4) is 0 Å². The van der Waals surface area contributed by atoms with Gasteiger partial charge in [0.1, 0.15) is 0 Å². The second kappa shape index (κ2) is 11.1. The minimum atomic E-state index is -0.1000. The van der Waals surface area contributed by atoms with Crippen LogP contribution >= 0.6 is 0 Å². The van der Waals surface area contributed by atoms with E-state index in [0.29, 0.717) is 23.7 Å². The lowest BCUT2D eigenvalue weighted by Gasteiger charge is -2.40. The van der Waals surface area contributed by atoms with Crippen LogP contribution < -0.4 is 0 Å². The minimum Gasteiger partial charge on any atom is -0.358 e. The largest absolute Gasteiger partial charge is 0.358 e. The molecule has 0 spiro atoms. The normalized spacial score (nSPS) is 12.2. The van der Waals surface area contributed by atoms with Gasteiger partial charge in [0.2, 0.25) is 0 Å². The summed E-state index contributed by atoms with van der Waals surface area (Å²) in [6.07, 6.45) is 0. The topological polar surface area (TPSA) is 6.48 Å². The zero-order valence-corrected chi connectivity index (χ0v) is 18.2. The maximum atomic E-state index is 2.66. The monoisotopic (exact) mass is 326 g/mol. The van der Waals surface area contributed by atoms with E-state index in [9.17, 15) is 0 Å². The smallest absolute Gasteiger partial charge is 0.0952 e. The molecule has 0 fully saturated rings. The molecule has 0 heterocycles. The van der Waals surface area contributed by atoms with Crippen LogP contribution in [0.4, 0.5) is 0 Å². The molecular formula is C19H42N2Si. The number of hydrogen-bond donors (Lipinski definition) is 0. The summed E-state index contributed by atoms with van der Waals surface area (Å²) in [7, 11) is -0.1000. The lowest BCUT2D eigenvalue weighted by molar-refractivity contribution is 0.158. The van der Waals surface area contributed by atoms with Crippen molar-refractivity contribution in [1.29, 1.82) is 0 Å². The molecule has 0 saturated heterocycles. The molecule has 3 heteroatoms. The molecule has 0 radical (unpaired) electrons. The first-order valence-electron chi connectivity index (χ1n) is 9.37. The first kappa shape index (κ1) is 21.6. The highest BCUT2D eigenvalue weighted by molar-refractivity contribution is 6.40. The van der Waals surface area contributed by atoms with Crippen LogP contribution in [0.15, 0.2) is 11.5 Å². The quantitative estimate of drug-likeness (QED) is 0.524. The summed E-state index contributed by atoms with van der Waals surface area (Å²) >= 11 is 0. The molecule has 0 aliphatic carbocycles. The van der Waals surface area contributed by atoms with Gasteiger partial charge in [-0.1, -0.05) is 67.6 Å². The standard InChI is InChI=1S/C19H42N2Si/c1-15(2)10-20(11-16(3)4)19(14-22-9)21(12-17(5)6)13-18(7)8/h14-18H,10-13,22H2,1-9H3. The maximum absolute atomic E-state index is 2.66. The van der Waals surface area contributed by atoms with Crippen LogP contribution in [0.25, 0.3) is 0 Å². The Hall–Kier alpha value is -0.443. The Kier molecular flexibility index (Phi) is 10.9. The van der Waals surface area contributed by atoms with Crippen molar-refractivity contribution in [2.24, 2.45) is 23.7 Å². The SMILES string of the molecule is C[SiH2]C=C(N(CC(C)C)CC(C)C)N(CC(C)C)CC(C)C. The van der Waals surface area contributed by atoms with Crippen LogP contribution in [-0.2, 0) is 0 Å². The molecule has 0 aliphatic rings. The van der Waals surface area contributed by atoms with Crippen molar-refractivity contribution < 1.29 is 0 Å². The fourth-order valence-corrected chi connectivity index (χ4v) is 3.81. The van der Waals surface area contributed by atoms with Gasteiger partial charge in [0.15, 0.2) is 0 Å². The first-order chi connectivity index (χ1) is 10.2. The molecule has 2 nitrogen and oxygen atoms in total. The van der Waals surface area contributed by atoms with Gasteiger partial charge in [-0.25, -0.2) is 0 Å². The van der Waals surface area contributed by atoms with Gasteiger partial charge in [0.25, 0.3) is 0 Å². The third-order valence-electron chi connectivity index (χ3n) is 3.38. The zero-order valence-electron chi connectivity index (χ0n) is 16.8. The van der Waals surface area contributed by atoms with Crippen LogP contribution in [0.5, 0.6) is 0 Å². The molecule has 0 amide bonds. The molecule has 0 unspecified atom stereocenters. The minimum absolute atomic E-state index is 0.1000. The second-order valence-electron chi connectivity index (χ2n) is 8.36. The highest BCUT2D eigenvalue weighted by Crippen LogP contribution is 2.19. The molecule has 0 N–H and O–H groups in total. The Labute approximate surface area is 143 Å². The Balaban J connectivity index is 5.40. The molecule has 0 aromatic carbocycles. The van der Waals surface area contributed by atoms with Crippen molar-refractivity contribution in [3.63, 3.8) is 0 Å². The molecule has 0 aromatic rings. The molecule has 132 valence electrons. The van der Waals surface area contributed by atoms with E-state index in [0.717, 1.165) is 0 Å². The van der Waals surface area contributed by atoms with Gasteiger partial charge in [-0.15, -0.1) is 0 Å². The van der Waals surface area contributed by atoms with E-state index in [1.54, 1.807) is 0 Å². The fourth-order valence-electron chi connectivity index (χ4n) is 2.93. The number of rotatable bonds is 11. The van der Waals surface area contributed by atoms with Crippen LogP contribution in [0.2, 0.25) is 6.55 Å². The van der Waals surface area contributed by atoms with E-state index in [-0.39, 0.29) is 9.52 Å². The summed E-state index contributed by atoms with van der Waals surface area (Å²) in [6, 6.07) is 0. The summed E-state index contributed by atoms with van der Waals surface area (Å²) in [5, 5.41) is 0. The lowest BCUT2D eigenvalue weighted by Crippen LogP contribution is -2.42. The molecule has 0 aromatic heterocycles. The highest BCUT2D eigenvalue weighted by Gasteiger charge is 2.20. The Bertz CT molecular complexity index is 263. The van der Waals surface area contributed by atoms with Crippen molar-refractivity contribution >= 4 is 9.52 Å². The van der Waals surface area contributed by atoms with Crippen LogP contribution in [0.1, 0.15) is 55.4 Å². The molecule has 0 rings (SSSR count). The van der Waals surface area contributed by atoms with Gasteiger partial charge in [-0.2, -0.15) is 0 Å². The predicted molar refractivity (Wildman–Crippen MR) is 105 cm³/mol. The maximum Gasteiger partial charge on any atom is 0.0952 e. The van der Waals surface area contributed by atoms with Crippen LogP contribution in [-0.4, -0.2) is 45.5 Å². The molecule has 0 bridgehead atoms. The van der Waals surface area contributed by atoms with Crippen LogP contribution in [0.3, 0.4) is 0 Å². The number of nitrogens with zero attached hydrogens (tertiary/aromatic N) is 2. The zero-order chi connectivity index (χ0) is 17.3. The predicted octanol–water partition coefficient (Wildman–Crippen LogP) is 4.23. The summed E-state index contributed by atoms with van der Waals surface area (Å²) in [5.74, 6) is 4.36. The van der Waals surface area contributed by atoms with Crippen molar-refractivity contribution in [3.05, 3.63) is 11.5 Å². The van der Waals surface area contributed by atoms with Gasteiger partial charge in [-0.3, -0.25) is 0 Å². The van der Waals surface area contributed by atoms with E-state index < -0.39 is 0 Å². The first-order valence-corrected chi connectivity index (χ1v) is 11.6. The molecular weight excluding hydrogens is 284 g/mol. The van der Waals surface area contributed by atoms with E-state index in [4.69, 9.17) is 0 Å². The van der Waals surface area contributed by atoms with Gasteiger partial charge in [-0.05, 0) is 23.7 Å². The highest BCUT2D eigenvalue weighted by atomic mass is 28.2. The van der Waals surface area contributed by atoms with Gasteiger partial charge < -0.3 is 9.80 Å². The van der Waals surface area contributed by atoms with E-state index in [1.165, 1.54) is 32.0 Å². The van der Waals surface area contributed by atoms with Crippen molar-refractivity contribution in [2.75, 3.05) is 26.2 Å². The van der Waals surface area contributed by atoms with E-state index in [1.807, 2.05) is 0 Å². The average Bonchev–Trinajstić information content (AvgIpc) is 2.31. The van der Waals surface area contributed by atoms with E-state index in [2.05, 4.69) is 77.4 Å². The summed E-state index contributed by atoms with van der Waals surface area (Å²) in [6.45, 7) is 25.8. The number of hydrogen-bond acceptors (Lipinski definition) is 2. The van der Waals surface area contributed by atoms with Crippen molar-refractivity contribution in [2.45, 2.75) is 61.9 Å². The lowest BCUT2D eigenvalue weighted by atomic mass is 10.1. The summed E-state index contributed by atoms with van der Waals surface area (Å²) in [4.78, 5) is 5.33. The average molecular weight is 327 g/mol. The molecule has 22 heavy (non-hydrogen) atoms. The Morgan fingerprint density at radius 2 is 0.955 bits per heavy atom. The third kappa shape index (κ3) is 9.55. The second-order valence-corrected chi connectivity index (χ2v) is 9.58. The van der Waals surface area contributed by atoms with Gasteiger partial charge in [0, 0.05) is 35.7 Å². The van der Waals surface area contributed by atoms with Gasteiger partial charge >= 0.3 is 0 Å². The van der Waals surface area contributed by atoms with Crippen molar-refractivity contribution in [1.82, 2.24) is 9.80 Å². The Morgan fingerprint density at radius 3 is 1.14 bits per heavy atom. The van der Waals surface area contributed by atoms with E-state index >= 15 is 0 Å². The summed E-state index contributed by atoms with van der Waals surface area (Å²) < 4.78 is 0. The molecule has 0 aliphatic heterocycles. The summed E-state index contributed by atoms with van der Waals surface area (Å²) in [5.41, 5.74) is 2.58. The van der Waals surface area contributed by atoms with Gasteiger partial charge in [0.05, 0.1) is 5.82 Å². The molecule has 0 saturated carbocycles. The van der Waals surface area contributed by atoms with Crippen LogP contribution in [0, 0.1) is 23.7 Å². The molecule has 0 atom stereocenters. The fraction of sp³-hybridized carbons (Fsp3) is 0.895. The third-order valence-corrected chi connectivity index (χ3v) is 4.15. The Morgan fingerprint density at radius 1 is 0.682 bits per heavy atom.